The molecule has 9 nitrogen and oxygen atoms in total. The zero-order valence-corrected chi connectivity index (χ0v) is 25.8. The van der Waals surface area contributed by atoms with Crippen molar-refractivity contribution in [3.63, 3.8) is 0 Å². The van der Waals surface area contributed by atoms with Gasteiger partial charge < -0.3 is 20.3 Å². The third-order valence-corrected chi connectivity index (χ3v) is 7.39. The fraction of sp³-hybridized carbons (Fsp3) is 0.371. The van der Waals surface area contributed by atoms with Crippen molar-refractivity contribution in [3.05, 3.63) is 102 Å². The molecule has 0 saturated carbocycles. The highest BCUT2D eigenvalue weighted by atomic mass is 16.6. The highest BCUT2D eigenvalue weighted by molar-refractivity contribution is 6.23. The van der Waals surface area contributed by atoms with E-state index in [9.17, 15) is 14.4 Å². The Hall–Kier alpha value is -4.66. The highest BCUT2D eigenvalue weighted by Crippen LogP contribution is 2.31. The maximum atomic E-state index is 14.1. The summed E-state index contributed by atoms with van der Waals surface area (Å²) in [6.45, 7) is 6.13. The summed E-state index contributed by atoms with van der Waals surface area (Å²) in [6, 6.07) is 26.9. The van der Waals surface area contributed by atoms with Crippen LogP contribution in [0.25, 0.3) is 0 Å². The average Bonchev–Trinajstić information content (AvgIpc) is 3.25. The molecule has 0 aromatic heterocycles. The summed E-state index contributed by atoms with van der Waals surface area (Å²) in [5, 5.41) is 14.9. The number of hydrogen-bond donors (Lipinski definition) is 3. The maximum absolute atomic E-state index is 14.1. The number of carbonyl (C=O) groups is 3. The van der Waals surface area contributed by atoms with Crippen LogP contribution >= 0.6 is 0 Å². The lowest BCUT2D eigenvalue weighted by molar-refractivity contribution is -0.126. The molecule has 3 N–H and O–H groups in total. The molecule has 0 spiro atoms. The van der Waals surface area contributed by atoms with Gasteiger partial charge in [-0.1, -0.05) is 78.9 Å². The van der Waals surface area contributed by atoms with E-state index in [1.165, 1.54) is 4.90 Å². The minimum atomic E-state index is -0.803. The number of urea groups is 1. The first-order valence-electron chi connectivity index (χ1n) is 15.2. The van der Waals surface area contributed by atoms with Crippen LogP contribution in [0.15, 0.2) is 91.0 Å². The lowest BCUT2D eigenvalue weighted by Crippen LogP contribution is -2.51. The molecular formula is C35H43N5O4. The molecule has 4 amide bonds. The van der Waals surface area contributed by atoms with Crippen molar-refractivity contribution in [2.75, 3.05) is 11.4 Å². The van der Waals surface area contributed by atoms with Gasteiger partial charge in [-0.15, -0.1) is 0 Å². The first-order chi connectivity index (χ1) is 21.1. The van der Waals surface area contributed by atoms with Crippen LogP contribution in [0.3, 0.4) is 0 Å². The van der Waals surface area contributed by atoms with Gasteiger partial charge in [0.2, 0.25) is 5.91 Å². The molecule has 4 rings (SSSR count). The van der Waals surface area contributed by atoms with Crippen molar-refractivity contribution >= 4 is 29.6 Å². The zero-order chi connectivity index (χ0) is 31.5. The summed E-state index contributed by atoms with van der Waals surface area (Å²) in [7, 11) is 0. The molecule has 1 aliphatic heterocycles. The second-order valence-corrected chi connectivity index (χ2v) is 11.9. The fourth-order valence-electron chi connectivity index (χ4n) is 5.30. The van der Waals surface area contributed by atoms with Crippen LogP contribution in [0.5, 0.6) is 0 Å². The van der Waals surface area contributed by atoms with Gasteiger partial charge in [-0.3, -0.25) is 10.2 Å². The minimum Gasteiger partial charge on any atom is -0.444 e. The van der Waals surface area contributed by atoms with Gasteiger partial charge >= 0.3 is 12.1 Å². The number of para-hydroxylation sites is 1. The number of amidine groups is 1. The first kappa shape index (κ1) is 32.3. The molecule has 1 fully saturated rings. The Morgan fingerprint density at radius 2 is 1.45 bits per heavy atom. The van der Waals surface area contributed by atoms with E-state index in [0.29, 0.717) is 50.9 Å². The Morgan fingerprint density at radius 1 is 0.864 bits per heavy atom. The minimum absolute atomic E-state index is 0.157. The van der Waals surface area contributed by atoms with Crippen LogP contribution in [0.1, 0.15) is 57.6 Å². The molecule has 3 aromatic rings. The van der Waals surface area contributed by atoms with Crippen LogP contribution in [-0.2, 0) is 22.5 Å². The molecule has 1 saturated heterocycles. The normalized spacial score (nSPS) is 15.7. The summed E-state index contributed by atoms with van der Waals surface area (Å²) in [5.74, 6) is -0.112. The van der Waals surface area contributed by atoms with Crippen molar-refractivity contribution in [3.8, 4) is 0 Å². The largest absolute Gasteiger partial charge is 0.444 e. The monoisotopic (exact) mass is 597 g/mol. The van der Waals surface area contributed by atoms with E-state index in [1.807, 2.05) is 99.6 Å². The SMILES string of the molecule is CC(C)(C)OC(=O)NCCCC[C@@H](C(=O)NCc1ccccc1)N1C(=O)N(c2ccccc2)C(=N)[C@H]1CCc1ccccc1. The average molecular weight is 598 g/mol. The van der Waals surface area contributed by atoms with E-state index in [1.54, 1.807) is 17.0 Å². The van der Waals surface area contributed by atoms with Crippen LogP contribution in [0.2, 0.25) is 0 Å². The lowest BCUT2D eigenvalue weighted by atomic mass is 10.0. The number of amides is 4. The van der Waals surface area contributed by atoms with Crippen molar-refractivity contribution in [1.82, 2.24) is 15.5 Å². The third-order valence-electron chi connectivity index (χ3n) is 7.39. The Balaban J connectivity index is 1.55. The summed E-state index contributed by atoms with van der Waals surface area (Å²) in [4.78, 5) is 43.1. The van der Waals surface area contributed by atoms with Crippen LogP contribution in [0, 0.1) is 5.41 Å². The number of unbranched alkanes of at least 4 members (excludes halogenated alkanes) is 1. The summed E-state index contributed by atoms with van der Waals surface area (Å²) in [5.41, 5.74) is 2.06. The quantitative estimate of drug-likeness (QED) is 0.201. The van der Waals surface area contributed by atoms with Gasteiger partial charge in [-0.05, 0) is 76.1 Å². The summed E-state index contributed by atoms with van der Waals surface area (Å²) in [6.07, 6.45) is 2.21. The molecule has 3 aromatic carbocycles. The standard InChI is InChI=1S/C35H43N5O4/c1-35(2,3)44-33(42)37-24-14-13-21-30(32(41)38-25-27-17-9-5-10-18-27)40-29(23-22-26-15-7-4-8-16-26)31(36)39(34(40)43)28-19-11-6-12-20-28/h4-12,15-20,29-30,36H,13-14,21-25H2,1-3H3,(H,37,42)(H,38,41)/t29-,30+/m1/s1. The number of hydrogen-bond acceptors (Lipinski definition) is 5. The van der Waals surface area contributed by atoms with E-state index in [4.69, 9.17) is 10.1 Å². The number of anilines is 1. The van der Waals surface area contributed by atoms with Crippen molar-refractivity contribution in [1.29, 1.82) is 5.41 Å². The van der Waals surface area contributed by atoms with Gasteiger partial charge in [0.25, 0.3) is 0 Å². The van der Waals surface area contributed by atoms with Gasteiger partial charge in [-0.2, -0.15) is 0 Å². The Morgan fingerprint density at radius 3 is 2.07 bits per heavy atom. The van der Waals surface area contributed by atoms with Gasteiger partial charge in [0.15, 0.2) is 0 Å². The third kappa shape index (κ3) is 8.92. The van der Waals surface area contributed by atoms with E-state index >= 15 is 0 Å². The smallest absolute Gasteiger partial charge is 0.407 e. The summed E-state index contributed by atoms with van der Waals surface area (Å²) >= 11 is 0. The van der Waals surface area contributed by atoms with Crippen molar-refractivity contribution < 1.29 is 19.1 Å². The van der Waals surface area contributed by atoms with E-state index in [-0.39, 0.29) is 17.8 Å². The Labute approximate surface area is 260 Å². The molecule has 0 aliphatic carbocycles. The maximum Gasteiger partial charge on any atom is 0.407 e. The lowest BCUT2D eigenvalue weighted by Gasteiger charge is -2.31. The molecule has 0 bridgehead atoms. The predicted molar refractivity (Wildman–Crippen MR) is 173 cm³/mol. The molecule has 1 aliphatic rings. The molecule has 0 radical (unpaired) electrons. The number of ether oxygens (including phenoxy) is 1. The second-order valence-electron chi connectivity index (χ2n) is 11.9. The molecule has 0 unspecified atom stereocenters. The van der Waals surface area contributed by atoms with E-state index < -0.39 is 23.8 Å². The molecule has 1 heterocycles. The Bertz CT molecular complexity index is 1390. The van der Waals surface area contributed by atoms with Crippen LogP contribution < -0.4 is 15.5 Å². The van der Waals surface area contributed by atoms with Gasteiger partial charge in [0.1, 0.15) is 17.5 Å². The predicted octanol–water partition coefficient (Wildman–Crippen LogP) is 6.29. The van der Waals surface area contributed by atoms with Gasteiger partial charge in [0.05, 0.1) is 11.7 Å². The number of nitrogens with zero attached hydrogens (tertiary/aromatic N) is 2. The topological polar surface area (TPSA) is 115 Å². The number of nitrogens with one attached hydrogen (secondary N) is 3. The second kappa shape index (κ2) is 15.2. The number of rotatable bonds is 13. The zero-order valence-electron chi connectivity index (χ0n) is 25.8. The highest BCUT2D eigenvalue weighted by Gasteiger charge is 2.47. The molecular weight excluding hydrogens is 554 g/mol. The Kier molecular flexibility index (Phi) is 11.1. The molecule has 9 heteroatoms. The number of alkyl carbamates (subject to hydrolysis) is 1. The van der Waals surface area contributed by atoms with Crippen LogP contribution in [-0.4, -0.2) is 53.0 Å². The fourth-order valence-corrected chi connectivity index (χ4v) is 5.30. The number of aryl methyl sites for hydroxylation is 1. The molecule has 232 valence electrons. The van der Waals surface area contributed by atoms with E-state index in [0.717, 1.165) is 11.1 Å². The number of carbonyl (C=O) groups excluding carboxylic acids is 3. The van der Waals surface area contributed by atoms with Crippen molar-refractivity contribution in [2.24, 2.45) is 0 Å². The molecule has 44 heavy (non-hydrogen) atoms. The van der Waals surface area contributed by atoms with Gasteiger partial charge in [0, 0.05) is 13.1 Å². The van der Waals surface area contributed by atoms with Crippen LogP contribution in [0.4, 0.5) is 15.3 Å². The first-order valence-corrected chi connectivity index (χ1v) is 15.2. The van der Waals surface area contributed by atoms with Crippen molar-refractivity contribution in [2.45, 2.75) is 77.1 Å². The summed E-state index contributed by atoms with van der Waals surface area (Å²) < 4.78 is 5.32. The number of benzene rings is 3. The van der Waals surface area contributed by atoms with Gasteiger partial charge in [-0.25, -0.2) is 14.5 Å². The molecule has 2 atom stereocenters. The van der Waals surface area contributed by atoms with E-state index in [2.05, 4.69) is 10.6 Å².